The highest BCUT2D eigenvalue weighted by Crippen LogP contribution is 2.24. The lowest BCUT2D eigenvalue weighted by atomic mass is 9.99. The van der Waals surface area contributed by atoms with Gasteiger partial charge in [-0.2, -0.15) is 4.68 Å². The van der Waals surface area contributed by atoms with Gasteiger partial charge >= 0.3 is 6.09 Å². The average Bonchev–Trinajstić information content (AvgIpc) is 3.55. The van der Waals surface area contributed by atoms with E-state index in [0.717, 1.165) is 34.6 Å². The Morgan fingerprint density at radius 2 is 1.95 bits per heavy atom. The van der Waals surface area contributed by atoms with E-state index in [0.29, 0.717) is 28.5 Å². The van der Waals surface area contributed by atoms with Crippen LogP contribution in [0.3, 0.4) is 0 Å². The molecule has 0 radical (unpaired) electrons. The van der Waals surface area contributed by atoms with Crippen molar-refractivity contribution in [1.82, 2.24) is 30.8 Å². The number of tetrazole rings is 1. The summed E-state index contributed by atoms with van der Waals surface area (Å²) in [6.07, 6.45) is 4.33. The largest absolute Gasteiger partial charge is 0.452 e. The molecule has 0 saturated carbocycles. The summed E-state index contributed by atoms with van der Waals surface area (Å²) in [7, 11) is 1.21. The molecule has 5 rings (SSSR count). The summed E-state index contributed by atoms with van der Waals surface area (Å²) in [5.41, 5.74) is 4.50. The third-order valence-corrected chi connectivity index (χ3v) is 7.04. The topological polar surface area (TPSA) is 131 Å². The minimum atomic E-state index is -1.08. The number of methoxy groups -OCH3 is 1. The predicted octanol–water partition coefficient (Wildman–Crippen LogP) is 3.50. The molecule has 1 unspecified atom stereocenters. The standard InChI is InChI=1S/C30H28ClN7O4/c1-42-30(41)38(25-10-7-23-18-32-14-13-21(23)17-25)29(40)26(15-20-5-3-2-4-6-20)34-28(39)12-8-22-16-24(31)9-11-27(22)37-19-33-35-36-37/h2-12,16-17,19,26,32H,13-15,18H2,1H3,(H,34,39). The molecule has 0 saturated heterocycles. The summed E-state index contributed by atoms with van der Waals surface area (Å²) >= 11 is 6.20. The van der Waals surface area contributed by atoms with E-state index in [1.54, 1.807) is 30.3 Å². The fourth-order valence-corrected chi connectivity index (χ4v) is 4.93. The first-order valence-electron chi connectivity index (χ1n) is 13.2. The highest BCUT2D eigenvalue weighted by Gasteiger charge is 2.32. The van der Waals surface area contributed by atoms with Crippen LogP contribution in [-0.4, -0.2) is 57.8 Å². The molecule has 0 fully saturated rings. The number of amides is 3. The first-order valence-corrected chi connectivity index (χ1v) is 13.6. The molecule has 0 aliphatic carbocycles. The number of rotatable bonds is 8. The summed E-state index contributed by atoms with van der Waals surface area (Å²) < 4.78 is 6.44. The van der Waals surface area contributed by atoms with E-state index >= 15 is 0 Å². The predicted molar refractivity (Wildman–Crippen MR) is 157 cm³/mol. The average molecular weight is 586 g/mol. The van der Waals surface area contributed by atoms with E-state index in [1.165, 1.54) is 24.2 Å². The molecule has 2 heterocycles. The Balaban J connectivity index is 1.43. The third-order valence-electron chi connectivity index (χ3n) is 6.81. The van der Waals surface area contributed by atoms with E-state index in [-0.39, 0.29) is 6.42 Å². The van der Waals surface area contributed by atoms with Gasteiger partial charge in [-0.15, -0.1) is 5.10 Å². The van der Waals surface area contributed by atoms with Crippen molar-refractivity contribution < 1.29 is 19.1 Å². The molecule has 0 spiro atoms. The maximum Gasteiger partial charge on any atom is 0.421 e. The lowest BCUT2D eigenvalue weighted by Crippen LogP contribution is -2.51. The van der Waals surface area contributed by atoms with Crippen molar-refractivity contribution in [2.24, 2.45) is 0 Å². The van der Waals surface area contributed by atoms with Gasteiger partial charge in [-0.05, 0) is 76.5 Å². The van der Waals surface area contributed by atoms with Crippen LogP contribution in [-0.2, 0) is 33.7 Å². The second-order valence-electron chi connectivity index (χ2n) is 9.57. The minimum absolute atomic E-state index is 0.147. The summed E-state index contributed by atoms with van der Waals surface area (Å²) in [6, 6.07) is 18.7. The minimum Gasteiger partial charge on any atom is -0.452 e. The van der Waals surface area contributed by atoms with Crippen LogP contribution in [0.15, 0.2) is 79.1 Å². The van der Waals surface area contributed by atoms with Crippen LogP contribution in [0.2, 0.25) is 5.02 Å². The van der Waals surface area contributed by atoms with Crippen LogP contribution in [0.1, 0.15) is 22.3 Å². The summed E-state index contributed by atoms with van der Waals surface area (Å²) in [5, 5.41) is 17.8. The van der Waals surface area contributed by atoms with Crippen molar-refractivity contribution in [3.63, 3.8) is 0 Å². The van der Waals surface area contributed by atoms with Gasteiger partial charge in [-0.1, -0.05) is 48.0 Å². The zero-order chi connectivity index (χ0) is 29.5. The first-order chi connectivity index (χ1) is 20.4. The molecule has 1 aromatic heterocycles. The lowest BCUT2D eigenvalue weighted by molar-refractivity contribution is -0.125. The quantitative estimate of drug-likeness (QED) is 0.300. The number of ether oxygens (including phenoxy) is 1. The highest BCUT2D eigenvalue weighted by molar-refractivity contribution is 6.30. The fraction of sp³-hybridized carbons (Fsp3) is 0.200. The molecule has 12 heteroatoms. The molecule has 0 bridgehead atoms. The zero-order valence-electron chi connectivity index (χ0n) is 22.7. The van der Waals surface area contributed by atoms with Gasteiger partial charge in [-0.25, -0.2) is 9.69 Å². The van der Waals surface area contributed by atoms with Crippen LogP contribution >= 0.6 is 11.6 Å². The van der Waals surface area contributed by atoms with E-state index in [4.69, 9.17) is 16.3 Å². The molecule has 214 valence electrons. The van der Waals surface area contributed by atoms with Gasteiger partial charge in [0.15, 0.2) is 0 Å². The summed E-state index contributed by atoms with van der Waals surface area (Å²) in [4.78, 5) is 41.2. The second-order valence-corrected chi connectivity index (χ2v) is 10.0. The van der Waals surface area contributed by atoms with Gasteiger partial charge in [0, 0.05) is 29.6 Å². The van der Waals surface area contributed by atoms with Crippen molar-refractivity contribution in [1.29, 1.82) is 0 Å². The Labute approximate surface area is 247 Å². The fourth-order valence-electron chi connectivity index (χ4n) is 4.75. The van der Waals surface area contributed by atoms with Gasteiger partial charge in [0.25, 0.3) is 5.91 Å². The number of halogens is 1. The Kier molecular flexibility index (Phi) is 9.00. The SMILES string of the molecule is COC(=O)N(C(=O)C(Cc1ccccc1)NC(=O)C=Cc1cc(Cl)ccc1-n1cnnn1)c1ccc2c(c1)CCNC2. The molecular formula is C30H28ClN7O4. The van der Waals surface area contributed by atoms with Crippen molar-refractivity contribution >= 4 is 41.3 Å². The van der Waals surface area contributed by atoms with Gasteiger partial charge < -0.3 is 15.4 Å². The molecule has 3 aromatic carbocycles. The van der Waals surface area contributed by atoms with E-state index < -0.39 is 23.9 Å². The van der Waals surface area contributed by atoms with E-state index in [1.807, 2.05) is 42.5 Å². The van der Waals surface area contributed by atoms with E-state index in [2.05, 4.69) is 26.2 Å². The van der Waals surface area contributed by atoms with Crippen LogP contribution < -0.4 is 15.5 Å². The number of hydrogen-bond donors (Lipinski definition) is 2. The number of carbonyl (C=O) groups is 3. The van der Waals surface area contributed by atoms with Gasteiger partial charge in [0.1, 0.15) is 12.4 Å². The summed E-state index contributed by atoms with van der Waals surface area (Å²) in [5.74, 6) is -1.17. The van der Waals surface area contributed by atoms with Crippen LogP contribution in [0, 0.1) is 0 Å². The molecule has 42 heavy (non-hydrogen) atoms. The van der Waals surface area contributed by atoms with Crippen molar-refractivity contribution in [2.45, 2.75) is 25.4 Å². The maximum absolute atomic E-state index is 14.0. The van der Waals surface area contributed by atoms with Gasteiger partial charge in [-0.3, -0.25) is 9.59 Å². The number of aromatic nitrogens is 4. The Bertz CT molecular complexity index is 1610. The van der Waals surface area contributed by atoms with Crippen LogP contribution in [0.5, 0.6) is 0 Å². The summed E-state index contributed by atoms with van der Waals surface area (Å²) in [6.45, 7) is 1.51. The Morgan fingerprint density at radius 1 is 1.12 bits per heavy atom. The maximum atomic E-state index is 14.0. The van der Waals surface area contributed by atoms with E-state index in [9.17, 15) is 14.4 Å². The zero-order valence-corrected chi connectivity index (χ0v) is 23.5. The number of fused-ring (bicyclic) bond motifs is 1. The monoisotopic (exact) mass is 585 g/mol. The molecule has 3 amide bonds. The van der Waals surface area contributed by atoms with Crippen molar-refractivity contribution in [2.75, 3.05) is 18.6 Å². The number of nitrogens with zero attached hydrogens (tertiary/aromatic N) is 5. The van der Waals surface area contributed by atoms with Crippen LogP contribution in [0.25, 0.3) is 11.8 Å². The van der Waals surface area contributed by atoms with Gasteiger partial charge in [0.05, 0.1) is 18.5 Å². The van der Waals surface area contributed by atoms with Gasteiger partial charge in [0.2, 0.25) is 5.91 Å². The second kappa shape index (κ2) is 13.2. The molecule has 4 aromatic rings. The molecule has 11 nitrogen and oxygen atoms in total. The highest BCUT2D eigenvalue weighted by atomic mass is 35.5. The first kappa shape index (κ1) is 28.7. The number of carbonyl (C=O) groups excluding carboxylic acids is 3. The normalized spacial score (nSPS) is 13.3. The lowest BCUT2D eigenvalue weighted by Gasteiger charge is -2.27. The molecule has 2 N–H and O–H groups in total. The number of benzene rings is 3. The third kappa shape index (κ3) is 6.70. The molecule has 1 aliphatic rings. The molecule has 1 aliphatic heterocycles. The number of hydrogen-bond acceptors (Lipinski definition) is 8. The Morgan fingerprint density at radius 3 is 2.71 bits per heavy atom. The van der Waals surface area contributed by atoms with Crippen molar-refractivity contribution in [3.05, 3.63) is 106 Å². The molecular weight excluding hydrogens is 558 g/mol. The Hall–Kier alpha value is -4.87. The number of imide groups is 1. The number of anilines is 1. The molecule has 1 atom stereocenters. The van der Waals surface area contributed by atoms with Crippen LogP contribution in [0.4, 0.5) is 10.5 Å². The van der Waals surface area contributed by atoms with Crippen molar-refractivity contribution in [3.8, 4) is 5.69 Å². The number of nitrogens with one attached hydrogen (secondary N) is 2. The smallest absolute Gasteiger partial charge is 0.421 e.